The van der Waals surface area contributed by atoms with Crippen molar-refractivity contribution >= 4 is 28.9 Å². The van der Waals surface area contributed by atoms with E-state index in [2.05, 4.69) is 10.1 Å². The summed E-state index contributed by atoms with van der Waals surface area (Å²) in [5.74, 6) is -1.60. The van der Waals surface area contributed by atoms with Crippen molar-refractivity contribution in [3.8, 4) is 5.75 Å². The Bertz CT molecular complexity index is 784. The molecule has 9 heteroatoms. The van der Waals surface area contributed by atoms with Gasteiger partial charge in [0.2, 0.25) is 0 Å². The first kappa shape index (κ1) is 19.8. The molecule has 0 aliphatic carbocycles. The summed E-state index contributed by atoms with van der Waals surface area (Å²) in [5.41, 5.74) is 1.25. The van der Waals surface area contributed by atoms with E-state index in [-0.39, 0.29) is 5.69 Å². The van der Waals surface area contributed by atoms with E-state index < -0.39 is 30.6 Å². The monoisotopic (exact) mass is 387 g/mol. The van der Waals surface area contributed by atoms with Crippen molar-refractivity contribution in [1.82, 2.24) is 0 Å². The molecule has 0 fully saturated rings. The normalized spacial score (nSPS) is 11.1. The molecule has 1 aromatic carbocycles. The van der Waals surface area contributed by atoms with E-state index in [1.807, 2.05) is 13.8 Å². The molecule has 1 amide bonds. The van der Waals surface area contributed by atoms with Crippen molar-refractivity contribution < 1.29 is 32.2 Å². The molecule has 2 rings (SSSR count). The summed E-state index contributed by atoms with van der Waals surface area (Å²) in [6, 6.07) is 6.34. The van der Waals surface area contributed by atoms with Crippen LogP contribution in [0.25, 0.3) is 0 Å². The van der Waals surface area contributed by atoms with E-state index in [1.54, 1.807) is 6.07 Å². The minimum Gasteiger partial charge on any atom is -0.451 e. The molecule has 0 aliphatic rings. The van der Waals surface area contributed by atoms with Crippen LogP contribution in [0.1, 0.15) is 27.0 Å². The fraction of sp³-hybridized carbons (Fsp3) is 0.294. The molecule has 1 heterocycles. The number of hydrogen-bond donors (Lipinski definition) is 1. The van der Waals surface area contributed by atoms with Gasteiger partial charge in [0.05, 0.1) is 0 Å². The van der Waals surface area contributed by atoms with Gasteiger partial charge in [-0.15, -0.1) is 24.5 Å². The van der Waals surface area contributed by atoms with Crippen molar-refractivity contribution in [3.63, 3.8) is 0 Å². The maximum atomic E-state index is 12.1. The average Bonchev–Trinajstić information content (AvgIpc) is 2.94. The first-order valence-corrected chi connectivity index (χ1v) is 8.41. The van der Waals surface area contributed by atoms with Gasteiger partial charge in [-0.3, -0.25) is 4.79 Å². The van der Waals surface area contributed by atoms with Crippen molar-refractivity contribution in [3.05, 3.63) is 45.6 Å². The summed E-state index contributed by atoms with van der Waals surface area (Å²) in [4.78, 5) is 25.2. The molecule has 0 spiro atoms. The lowest BCUT2D eigenvalue weighted by atomic mass is 10.2. The number of nitrogens with one attached hydrogen (secondary N) is 1. The summed E-state index contributed by atoms with van der Waals surface area (Å²) in [6.45, 7) is 3.37. The highest BCUT2D eigenvalue weighted by Gasteiger charge is 2.30. The zero-order chi connectivity index (χ0) is 19.3. The highest BCUT2D eigenvalue weighted by molar-refractivity contribution is 7.14. The van der Waals surface area contributed by atoms with Crippen molar-refractivity contribution in [2.24, 2.45) is 0 Å². The second kappa shape index (κ2) is 8.22. The highest BCUT2D eigenvalue weighted by Crippen LogP contribution is 2.24. The summed E-state index contributed by atoms with van der Waals surface area (Å²) in [7, 11) is 0. The van der Waals surface area contributed by atoms with Gasteiger partial charge < -0.3 is 14.8 Å². The zero-order valence-electron chi connectivity index (χ0n) is 14.0. The Morgan fingerprint density at radius 1 is 1.19 bits per heavy atom. The lowest BCUT2D eigenvalue weighted by Crippen LogP contribution is -2.20. The molecule has 0 saturated heterocycles. The summed E-state index contributed by atoms with van der Waals surface area (Å²) >= 11 is 1.32. The maximum Gasteiger partial charge on any atom is 0.573 e. The molecule has 2 aromatic rings. The minimum atomic E-state index is -4.78. The Kier molecular flexibility index (Phi) is 6.25. The van der Waals surface area contributed by atoms with E-state index in [9.17, 15) is 22.8 Å². The van der Waals surface area contributed by atoms with Gasteiger partial charge in [-0.05, 0) is 49.2 Å². The molecule has 0 unspecified atom stereocenters. The largest absolute Gasteiger partial charge is 0.573 e. The van der Waals surface area contributed by atoms with Crippen LogP contribution in [-0.4, -0.2) is 24.8 Å². The van der Waals surface area contributed by atoms with Gasteiger partial charge in [-0.25, -0.2) is 4.79 Å². The lowest BCUT2D eigenvalue weighted by Gasteiger charge is -2.10. The number of rotatable bonds is 6. The van der Waals surface area contributed by atoms with Crippen molar-refractivity contribution in [2.45, 2.75) is 26.6 Å². The quantitative estimate of drug-likeness (QED) is 0.750. The van der Waals surface area contributed by atoms with Gasteiger partial charge in [0, 0.05) is 10.6 Å². The van der Waals surface area contributed by atoms with Crippen LogP contribution in [0.2, 0.25) is 0 Å². The standard InChI is InChI=1S/C17H16F3NO4S/c1-3-13-10(2)8-14(26-13)16(23)24-9-15(22)21-11-4-6-12(7-5-11)25-17(18,19)20/h4-8H,3,9H2,1-2H3,(H,21,22). The van der Waals surface area contributed by atoms with Gasteiger partial charge in [0.1, 0.15) is 10.6 Å². The fourth-order valence-electron chi connectivity index (χ4n) is 2.11. The third-order valence-electron chi connectivity index (χ3n) is 3.25. The van der Waals surface area contributed by atoms with Crippen LogP contribution >= 0.6 is 11.3 Å². The molecule has 26 heavy (non-hydrogen) atoms. The molecule has 0 radical (unpaired) electrons. The van der Waals surface area contributed by atoms with E-state index in [0.29, 0.717) is 4.88 Å². The Hall–Kier alpha value is -2.55. The van der Waals surface area contributed by atoms with E-state index in [0.717, 1.165) is 29.0 Å². The number of anilines is 1. The summed E-state index contributed by atoms with van der Waals surface area (Å²) in [6.07, 6.45) is -3.98. The first-order valence-electron chi connectivity index (χ1n) is 7.60. The summed E-state index contributed by atoms with van der Waals surface area (Å²) in [5, 5.41) is 2.42. The molecule has 0 bridgehead atoms. The van der Waals surface area contributed by atoms with Crippen LogP contribution in [0.4, 0.5) is 18.9 Å². The number of carbonyl (C=O) groups is 2. The number of hydrogen-bond acceptors (Lipinski definition) is 5. The molecular weight excluding hydrogens is 371 g/mol. The smallest absolute Gasteiger partial charge is 0.451 e. The topological polar surface area (TPSA) is 64.6 Å². The Labute approximate surface area is 151 Å². The van der Waals surface area contributed by atoms with E-state index in [1.165, 1.54) is 23.5 Å². The van der Waals surface area contributed by atoms with Gasteiger partial charge in [0.15, 0.2) is 6.61 Å². The van der Waals surface area contributed by atoms with Crippen LogP contribution < -0.4 is 10.1 Å². The van der Waals surface area contributed by atoms with Gasteiger partial charge in [0.25, 0.3) is 5.91 Å². The zero-order valence-corrected chi connectivity index (χ0v) is 14.8. The number of thiophene rings is 1. The predicted octanol–water partition coefficient (Wildman–Crippen LogP) is 4.31. The number of amides is 1. The minimum absolute atomic E-state index is 0.251. The Morgan fingerprint density at radius 3 is 2.38 bits per heavy atom. The SMILES string of the molecule is CCc1sc(C(=O)OCC(=O)Nc2ccc(OC(F)(F)F)cc2)cc1C. The third kappa shape index (κ3) is 5.76. The summed E-state index contributed by atoms with van der Waals surface area (Å²) < 4.78 is 44.9. The average molecular weight is 387 g/mol. The fourth-order valence-corrected chi connectivity index (χ4v) is 3.12. The van der Waals surface area contributed by atoms with Crippen molar-refractivity contribution in [2.75, 3.05) is 11.9 Å². The van der Waals surface area contributed by atoms with E-state index in [4.69, 9.17) is 4.74 Å². The number of benzene rings is 1. The molecule has 0 saturated carbocycles. The Balaban J connectivity index is 1.85. The maximum absolute atomic E-state index is 12.1. The number of ether oxygens (including phenoxy) is 2. The second-order valence-corrected chi connectivity index (χ2v) is 6.40. The van der Waals surface area contributed by atoms with Gasteiger partial charge >= 0.3 is 12.3 Å². The molecule has 140 valence electrons. The molecular formula is C17H16F3NO4S. The van der Waals surface area contributed by atoms with Crippen molar-refractivity contribution in [1.29, 1.82) is 0 Å². The second-order valence-electron chi connectivity index (χ2n) is 5.27. The third-order valence-corrected chi connectivity index (χ3v) is 4.61. The van der Waals surface area contributed by atoms with Crippen LogP contribution in [-0.2, 0) is 16.0 Å². The highest BCUT2D eigenvalue weighted by atomic mass is 32.1. The Morgan fingerprint density at radius 2 is 1.85 bits per heavy atom. The number of carbonyl (C=O) groups excluding carboxylic acids is 2. The number of alkyl halides is 3. The first-order chi connectivity index (χ1) is 12.2. The molecule has 1 N–H and O–H groups in total. The number of aryl methyl sites for hydroxylation is 2. The van der Waals surface area contributed by atoms with Gasteiger partial charge in [-0.2, -0.15) is 0 Å². The van der Waals surface area contributed by atoms with Crippen LogP contribution in [0.3, 0.4) is 0 Å². The number of halogens is 3. The van der Waals surface area contributed by atoms with E-state index >= 15 is 0 Å². The van der Waals surface area contributed by atoms with Crippen LogP contribution in [0.15, 0.2) is 30.3 Å². The lowest BCUT2D eigenvalue weighted by molar-refractivity contribution is -0.274. The van der Waals surface area contributed by atoms with Crippen LogP contribution in [0, 0.1) is 6.92 Å². The van der Waals surface area contributed by atoms with Gasteiger partial charge in [-0.1, -0.05) is 6.92 Å². The molecule has 0 atom stereocenters. The van der Waals surface area contributed by atoms with Crippen LogP contribution in [0.5, 0.6) is 5.75 Å². The predicted molar refractivity (Wildman–Crippen MR) is 90.5 cm³/mol. The molecule has 1 aromatic heterocycles. The number of esters is 1. The molecule has 5 nitrogen and oxygen atoms in total. The molecule has 0 aliphatic heterocycles.